The smallest absolute Gasteiger partial charge is 0.302 e. The van der Waals surface area contributed by atoms with Crippen LogP contribution in [0.3, 0.4) is 0 Å². The third kappa shape index (κ3) is 75.5. The van der Waals surface area contributed by atoms with E-state index in [1.165, 1.54) is 39.5 Å². The Morgan fingerprint density at radius 2 is 1.18 bits per heavy atom. The summed E-state index contributed by atoms with van der Waals surface area (Å²) in [5.41, 5.74) is 0. The van der Waals surface area contributed by atoms with E-state index in [1.807, 2.05) is 0 Å². The van der Waals surface area contributed by atoms with Crippen molar-refractivity contribution in [2.24, 2.45) is 0 Å². The lowest BCUT2D eigenvalue weighted by molar-refractivity contribution is -0.144. The minimum atomic E-state index is -0.950. The fraction of sp³-hybridized carbons (Fsp3) is 0.778. The Kier molecular flexibility index (Phi) is 32.2. The van der Waals surface area contributed by atoms with Gasteiger partial charge in [0.2, 0.25) is 0 Å². The molecule has 0 radical (unpaired) electrons. The van der Waals surface area contributed by atoms with E-state index >= 15 is 0 Å². The zero-order chi connectivity index (χ0) is 23.0. The van der Waals surface area contributed by atoms with Gasteiger partial charge >= 0.3 is 11.9 Å². The van der Waals surface area contributed by atoms with Gasteiger partial charge in [-0.25, -0.2) is 0 Å². The number of rotatable bonds is 9. The Balaban J connectivity index is -0.000000151. The van der Waals surface area contributed by atoms with Gasteiger partial charge in [-0.2, -0.15) is 0 Å². The summed E-state index contributed by atoms with van der Waals surface area (Å²) in [6, 6.07) is 0. The number of ether oxygens (including phenoxy) is 2. The van der Waals surface area contributed by atoms with Crippen molar-refractivity contribution in [3.05, 3.63) is 0 Å². The third-order valence-electron chi connectivity index (χ3n) is 2.24. The normalized spacial score (nSPS) is 9.68. The van der Waals surface area contributed by atoms with E-state index in [1.54, 1.807) is 0 Å². The van der Waals surface area contributed by atoms with Crippen LogP contribution in [-0.2, 0) is 28.7 Å². The Hall–Kier alpha value is -2.20. The molecule has 0 saturated heterocycles. The van der Waals surface area contributed by atoms with Crippen LogP contribution in [0, 0.1) is 0 Å². The summed E-state index contributed by atoms with van der Waals surface area (Å²) in [5, 5.41) is 31.6. The Labute approximate surface area is 166 Å². The highest BCUT2D eigenvalue weighted by molar-refractivity contribution is 5.66. The number of unbranched alkanes of at least 4 members (excludes halogenated alkanes) is 4. The molecule has 1 atom stereocenters. The molecule has 28 heavy (non-hydrogen) atoms. The number of aliphatic carboxylic acids is 2. The summed E-state index contributed by atoms with van der Waals surface area (Å²) >= 11 is 0. The molecule has 0 heterocycles. The minimum Gasteiger partial charge on any atom is -0.481 e. The molecule has 0 spiro atoms. The Morgan fingerprint density at radius 3 is 1.50 bits per heavy atom. The van der Waals surface area contributed by atoms with Gasteiger partial charge < -0.3 is 29.9 Å². The SMILES string of the molecule is CC(=O)O.CC(=O)O.CC(=O)OCC(O)CO.CCCCCCCOC(C)=O. The van der Waals surface area contributed by atoms with Crippen molar-refractivity contribution in [1.82, 2.24) is 0 Å². The van der Waals surface area contributed by atoms with Crippen molar-refractivity contribution in [2.45, 2.75) is 72.8 Å². The first-order valence-electron chi connectivity index (χ1n) is 8.85. The summed E-state index contributed by atoms with van der Waals surface area (Å²) in [6.45, 7) is 7.13. The summed E-state index contributed by atoms with van der Waals surface area (Å²) in [7, 11) is 0. The molecule has 4 N–H and O–H groups in total. The largest absolute Gasteiger partial charge is 0.481 e. The first kappa shape index (κ1) is 33.4. The summed E-state index contributed by atoms with van der Waals surface area (Å²) in [5.74, 6) is -2.29. The fourth-order valence-electron chi connectivity index (χ4n) is 1.19. The van der Waals surface area contributed by atoms with Crippen LogP contribution < -0.4 is 0 Å². The van der Waals surface area contributed by atoms with Gasteiger partial charge in [-0.1, -0.05) is 32.6 Å². The second kappa shape index (κ2) is 27.0. The van der Waals surface area contributed by atoms with Crippen LogP contribution in [0.5, 0.6) is 0 Å². The topological polar surface area (TPSA) is 168 Å². The summed E-state index contributed by atoms with van der Waals surface area (Å²) in [4.78, 5) is 38.4. The van der Waals surface area contributed by atoms with Crippen LogP contribution in [-0.4, -0.2) is 70.2 Å². The number of esters is 2. The van der Waals surface area contributed by atoms with Gasteiger partial charge in [-0.15, -0.1) is 0 Å². The molecule has 0 aromatic heterocycles. The van der Waals surface area contributed by atoms with E-state index in [0.29, 0.717) is 6.61 Å². The molecule has 0 amide bonds. The summed E-state index contributed by atoms with van der Waals surface area (Å²) < 4.78 is 9.13. The molecule has 0 aromatic carbocycles. The maximum absolute atomic E-state index is 10.3. The molecule has 0 bridgehead atoms. The number of hydrogen-bond donors (Lipinski definition) is 4. The fourth-order valence-corrected chi connectivity index (χ4v) is 1.19. The highest BCUT2D eigenvalue weighted by Crippen LogP contribution is 2.02. The number of carboxylic acid groups (broad SMARTS) is 2. The number of carbonyl (C=O) groups excluding carboxylic acids is 2. The predicted octanol–water partition coefficient (Wildman–Crippen LogP) is 1.60. The van der Waals surface area contributed by atoms with Crippen LogP contribution in [0.2, 0.25) is 0 Å². The zero-order valence-corrected chi connectivity index (χ0v) is 17.5. The highest BCUT2D eigenvalue weighted by atomic mass is 16.5. The minimum absolute atomic E-state index is 0.133. The molecule has 1 unspecified atom stereocenters. The van der Waals surface area contributed by atoms with E-state index in [-0.39, 0.29) is 19.2 Å². The monoisotopic (exact) mass is 412 g/mol. The van der Waals surface area contributed by atoms with Gasteiger partial charge in [0.25, 0.3) is 11.9 Å². The van der Waals surface area contributed by atoms with Crippen LogP contribution >= 0.6 is 0 Å². The maximum Gasteiger partial charge on any atom is 0.302 e. The highest BCUT2D eigenvalue weighted by Gasteiger charge is 2.02. The molecular formula is C18H36O10. The van der Waals surface area contributed by atoms with Gasteiger partial charge in [0.15, 0.2) is 0 Å². The van der Waals surface area contributed by atoms with Gasteiger partial charge in [0.05, 0.1) is 13.2 Å². The lowest BCUT2D eigenvalue weighted by Crippen LogP contribution is -2.20. The molecule has 0 fully saturated rings. The Bertz CT molecular complexity index is 376. The maximum atomic E-state index is 10.3. The molecule has 0 aliphatic heterocycles. The molecular weight excluding hydrogens is 376 g/mol. The van der Waals surface area contributed by atoms with E-state index in [9.17, 15) is 9.59 Å². The van der Waals surface area contributed by atoms with Crippen molar-refractivity contribution >= 4 is 23.9 Å². The Morgan fingerprint density at radius 1 is 0.786 bits per heavy atom. The lowest BCUT2D eigenvalue weighted by atomic mass is 10.2. The molecule has 10 heteroatoms. The average molecular weight is 412 g/mol. The molecule has 10 nitrogen and oxygen atoms in total. The quantitative estimate of drug-likeness (QED) is 0.322. The molecule has 0 aliphatic rings. The van der Waals surface area contributed by atoms with Crippen LogP contribution in [0.4, 0.5) is 0 Å². The second-order valence-corrected chi connectivity index (χ2v) is 5.43. The molecule has 0 aliphatic carbocycles. The third-order valence-corrected chi connectivity index (χ3v) is 2.24. The number of carboxylic acids is 2. The molecule has 0 aromatic rings. The predicted molar refractivity (Wildman–Crippen MR) is 102 cm³/mol. The number of aliphatic hydroxyl groups is 2. The first-order valence-corrected chi connectivity index (χ1v) is 8.85. The average Bonchev–Trinajstić information content (AvgIpc) is 2.55. The van der Waals surface area contributed by atoms with E-state index in [2.05, 4.69) is 11.7 Å². The zero-order valence-electron chi connectivity index (χ0n) is 17.5. The molecule has 0 rings (SSSR count). The molecule has 168 valence electrons. The van der Waals surface area contributed by atoms with Crippen LogP contribution in [0.25, 0.3) is 0 Å². The van der Waals surface area contributed by atoms with Gasteiger partial charge in [-0.3, -0.25) is 19.2 Å². The molecule has 0 saturated carbocycles. The second-order valence-electron chi connectivity index (χ2n) is 5.43. The van der Waals surface area contributed by atoms with Crippen LogP contribution in [0.1, 0.15) is 66.7 Å². The number of aliphatic hydroxyl groups excluding tert-OH is 2. The van der Waals surface area contributed by atoms with Crippen molar-refractivity contribution in [2.75, 3.05) is 19.8 Å². The van der Waals surface area contributed by atoms with Crippen LogP contribution in [0.15, 0.2) is 0 Å². The van der Waals surface area contributed by atoms with Crippen molar-refractivity contribution in [3.63, 3.8) is 0 Å². The van der Waals surface area contributed by atoms with Gasteiger partial charge in [0, 0.05) is 27.7 Å². The number of carbonyl (C=O) groups is 4. The van der Waals surface area contributed by atoms with Gasteiger partial charge in [0.1, 0.15) is 12.7 Å². The number of hydrogen-bond acceptors (Lipinski definition) is 8. The van der Waals surface area contributed by atoms with E-state index in [4.69, 9.17) is 34.8 Å². The van der Waals surface area contributed by atoms with E-state index < -0.39 is 24.0 Å². The van der Waals surface area contributed by atoms with Gasteiger partial charge in [-0.05, 0) is 6.42 Å². The standard InChI is InChI=1S/C9H18O2.C5H10O4.2C2H4O2/c1-3-4-5-6-7-8-11-9(2)10;1-4(7)9-3-5(8)2-6;2*1-2(3)4/h3-8H2,1-2H3;5-6,8H,2-3H2,1H3;2*1H3,(H,3,4). The van der Waals surface area contributed by atoms with Crippen molar-refractivity contribution in [1.29, 1.82) is 0 Å². The van der Waals surface area contributed by atoms with Crippen molar-refractivity contribution in [3.8, 4) is 0 Å². The van der Waals surface area contributed by atoms with E-state index in [0.717, 1.165) is 20.3 Å². The lowest BCUT2D eigenvalue weighted by Gasteiger charge is -2.05. The van der Waals surface area contributed by atoms with Crippen molar-refractivity contribution < 1.29 is 49.1 Å². The first-order chi connectivity index (χ1) is 12.9. The summed E-state index contributed by atoms with van der Waals surface area (Å²) in [6.07, 6.45) is 5.06.